The Morgan fingerprint density at radius 3 is 2.59 bits per heavy atom. The first-order valence-corrected chi connectivity index (χ1v) is 9.32. The topological polar surface area (TPSA) is 57.7 Å². The Morgan fingerprint density at radius 2 is 1.90 bits per heavy atom. The molecule has 0 aliphatic carbocycles. The van der Waals surface area contributed by atoms with Gasteiger partial charge in [-0.2, -0.15) is 13.2 Å². The molecule has 9 heteroatoms. The lowest BCUT2D eigenvalue weighted by molar-refractivity contribution is -0.153. The summed E-state index contributed by atoms with van der Waals surface area (Å²) in [7, 11) is 0. The van der Waals surface area contributed by atoms with Gasteiger partial charge in [0.25, 0.3) is 0 Å². The molecular weight excluding hydrogens is 385 g/mol. The Bertz CT molecular complexity index is 794. The van der Waals surface area contributed by atoms with Crippen LogP contribution in [-0.4, -0.2) is 61.3 Å². The number of rotatable bonds is 7. The zero-order chi connectivity index (χ0) is 20.7. The van der Waals surface area contributed by atoms with Crippen molar-refractivity contribution in [2.75, 3.05) is 44.2 Å². The summed E-state index contributed by atoms with van der Waals surface area (Å²) in [5.74, 6) is 0.932. The number of hydrogen-bond donors (Lipinski definition) is 1. The van der Waals surface area contributed by atoms with Crippen LogP contribution < -0.4 is 15.0 Å². The average molecular weight is 408 g/mol. The summed E-state index contributed by atoms with van der Waals surface area (Å²) in [5, 5.41) is 2.80. The van der Waals surface area contributed by atoms with Gasteiger partial charge in [-0.1, -0.05) is 18.2 Å². The van der Waals surface area contributed by atoms with Gasteiger partial charge in [0.15, 0.2) is 6.61 Å². The van der Waals surface area contributed by atoms with E-state index in [1.165, 1.54) is 12.1 Å². The molecule has 1 aromatic carbocycles. The fourth-order valence-electron chi connectivity index (χ4n) is 3.05. The van der Waals surface area contributed by atoms with Crippen molar-refractivity contribution in [2.45, 2.75) is 12.7 Å². The lowest BCUT2D eigenvalue weighted by Gasteiger charge is -2.34. The van der Waals surface area contributed by atoms with E-state index in [1.807, 2.05) is 18.2 Å². The van der Waals surface area contributed by atoms with Gasteiger partial charge in [-0.05, 0) is 29.8 Å². The van der Waals surface area contributed by atoms with Gasteiger partial charge in [0, 0.05) is 38.9 Å². The van der Waals surface area contributed by atoms with Crippen LogP contribution in [0, 0.1) is 0 Å². The van der Waals surface area contributed by atoms with E-state index in [1.54, 1.807) is 18.3 Å². The second kappa shape index (κ2) is 9.60. The molecule has 1 amide bonds. The van der Waals surface area contributed by atoms with Crippen molar-refractivity contribution >= 4 is 11.7 Å². The molecule has 1 aliphatic rings. The summed E-state index contributed by atoms with van der Waals surface area (Å²) in [6, 6.07) is 12.1. The molecule has 0 saturated carbocycles. The van der Waals surface area contributed by atoms with Crippen molar-refractivity contribution in [3.05, 3.63) is 54.2 Å². The zero-order valence-electron chi connectivity index (χ0n) is 15.9. The maximum Gasteiger partial charge on any atom is 0.422 e. The number of aromatic nitrogens is 1. The first-order valence-electron chi connectivity index (χ1n) is 9.32. The number of pyridine rings is 1. The number of carbonyl (C=O) groups is 1. The van der Waals surface area contributed by atoms with Crippen LogP contribution in [0.3, 0.4) is 0 Å². The molecule has 29 heavy (non-hydrogen) atoms. The van der Waals surface area contributed by atoms with E-state index in [4.69, 9.17) is 4.74 Å². The number of benzene rings is 1. The van der Waals surface area contributed by atoms with E-state index >= 15 is 0 Å². The van der Waals surface area contributed by atoms with Crippen molar-refractivity contribution in [3.63, 3.8) is 0 Å². The molecule has 3 rings (SSSR count). The third-order valence-electron chi connectivity index (χ3n) is 4.50. The SMILES string of the molecule is O=C(CN1CCN(c2ccccn2)CC1)NCc1cccc(OCC(F)(F)F)c1. The quantitative estimate of drug-likeness (QED) is 0.763. The van der Waals surface area contributed by atoms with Crippen molar-refractivity contribution in [1.82, 2.24) is 15.2 Å². The second-order valence-corrected chi connectivity index (χ2v) is 6.78. The third-order valence-corrected chi connectivity index (χ3v) is 4.50. The number of nitrogens with one attached hydrogen (secondary N) is 1. The largest absolute Gasteiger partial charge is 0.484 e. The number of carbonyl (C=O) groups excluding carboxylic acids is 1. The van der Waals surface area contributed by atoms with Crippen LogP contribution in [0.1, 0.15) is 5.56 Å². The molecule has 2 aromatic rings. The van der Waals surface area contributed by atoms with E-state index in [0.717, 1.165) is 32.0 Å². The third kappa shape index (κ3) is 6.94. The highest BCUT2D eigenvalue weighted by Gasteiger charge is 2.28. The summed E-state index contributed by atoms with van der Waals surface area (Å²) < 4.78 is 41.5. The van der Waals surface area contributed by atoms with Crippen molar-refractivity contribution < 1.29 is 22.7 Å². The Morgan fingerprint density at radius 1 is 1.10 bits per heavy atom. The normalized spacial score (nSPS) is 15.2. The van der Waals surface area contributed by atoms with Gasteiger partial charge in [0.1, 0.15) is 11.6 Å². The van der Waals surface area contributed by atoms with Crippen LogP contribution in [0.4, 0.5) is 19.0 Å². The molecule has 156 valence electrons. The van der Waals surface area contributed by atoms with E-state index in [-0.39, 0.29) is 24.7 Å². The highest BCUT2D eigenvalue weighted by molar-refractivity contribution is 5.78. The summed E-state index contributed by atoms with van der Waals surface area (Å²) in [6.45, 7) is 2.27. The number of hydrogen-bond acceptors (Lipinski definition) is 5. The predicted molar refractivity (Wildman–Crippen MR) is 103 cm³/mol. The number of halogens is 3. The predicted octanol–water partition coefficient (Wildman–Crippen LogP) is 2.46. The molecule has 0 bridgehead atoms. The standard InChI is InChI=1S/C20H23F3N4O2/c21-20(22,23)15-29-17-5-3-4-16(12-17)13-25-19(28)14-26-8-10-27(11-9-26)18-6-1-2-7-24-18/h1-7,12H,8-11,13-15H2,(H,25,28). The maximum absolute atomic E-state index is 12.2. The van der Waals surface area contributed by atoms with Crippen LogP contribution >= 0.6 is 0 Å². The van der Waals surface area contributed by atoms with Gasteiger partial charge in [-0.3, -0.25) is 9.69 Å². The van der Waals surface area contributed by atoms with Crippen molar-refractivity contribution in [1.29, 1.82) is 0 Å². The fourth-order valence-corrected chi connectivity index (χ4v) is 3.05. The van der Waals surface area contributed by atoms with Crippen LogP contribution in [0.5, 0.6) is 5.75 Å². The molecule has 1 fully saturated rings. The van der Waals surface area contributed by atoms with E-state index in [9.17, 15) is 18.0 Å². The average Bonchev–Trinajstić information content (AvgIpc) is 2.72. The lowest BCUT2D eigenvalue weighted by atomic mass is 10.2. The molecule has 0 radical (unpaired) electrons. The molecular formula is C20H23F3N4O2. The van der Waals surface area contributed by atoms with Crippen molar-refractivity contribution in [2.24, 2.45) is 0 Å². The Balaban J connectivity index is 1.40. The van der Waals surface area contributed by atoms with Gasteiger partial charge in [-0.15, -0.1) is 0 Å². The number of amides is 1. The van der Waals surface area contributed by atoms with E-state index < -0.39 is 12.8 Å². The van der Waals surface area contributed by atoms with Gasteiger partial charge in [0.2, 0.25) is 5.91 Å². The summed E-state index contributed by atoms with van der Waals surface area (Å²) in [6.07, 6.45) is -2.62. The number of anilines is 1. The summed E-state index contributed by atoms with van der Waals surface area (Å²) in [5.41, 5.74) is 0.679. The second-order valence-electron chi connectivity index (χ2n) is 6.78. The molecule has 6 nitrogen and oxygen atoms in total. The molecule has 1 N–H and O–H groups in total. The number of piperazine rings is 1. The highest BCUT2D eigenvalue weighted by Crippen LogP contribution is 2.19. The Hall–Kier alpha value is -2.81. The number of alkyl halides is 3. The Kier molecular flexibility index (Phi) is 6.92. The monoisotopic (exact) mass is 408 g/mol. The molecule has 0 atom stereocenters. The molecule has 2 heterocycles. The van der Waals surface area contributed by atoms with Gasteiger partial charge in [-0.25, -0.2) is 4.98 Å². The first kappa shape index (κ1) is 20.9. The zero-order valence-corrected chi connectivity index (χ0v) is 15.9. The van der Waals surface area contributed by atoms with Crippen molar-refractivity contribution in [3.8, 4) is 5.75 Å². The molecule has 0 spiro atoms. The molecule has 1 saturated heterocycles. The molecule has 1 aromatic heterocycles. The summed E-state index contributed by atoms with van der Waals surface area (Å²) in [4.78, 5) is 20.8. The van der Waals surface area contributed by atoms with Crippen LogP contribution in [0.2, 0.25) is 0 Å². The van der Waals surface area contributed by atoms with Gasteiger partial charge in [0.05, 0.1) is 6.54 Å². The Labute approximate surface area is 167 Å². The first-order chi connectivity index (χ1) is 13.9. The minimum absolute atomic E-state index is 0.125. The summed E-state index contributed by atoms with van der Waals surface area (Å²) >= 11 is 0. The smallest absolute Gasteiger partial charge is 0.422 e. The van der Waals surface area contributed by atoms with E-state index in [2.05, 4.69) is 20.1 Å². The van der Waals surface area contributed by atoms with Crippen LogP contribution in [0.25, 0.3) is 0 Å². The fraction of sp³-hybridized carbons (Fsp3) is 0.400. The van der Waals surface area contributed by atoms with Crippen LogP contribution in [0.15, 0.2) is 48.7 Å². The minimum Gasteiger partial charge on any atom is -0.484 e. The highest BCUT2D eigenvalue weighted by atomic mass is 19.4. The minimum atomic E-state index is -4.38. The maximum atomic E-state index is 12.2. The molecule has 1 aliphatic heterocycles. The number of nitrogens with zero attached hydrogens (tertiary/aromatic N) is 3. The van der Waals surface area contributed by atoms with Gasteiger partial charge >= 0.3 is 6.18 Å². The lowest BCUT2D eigenvalue weighted by Crippen LogP contribution is -2.49. The number of ether oxygens (including phenoxy) is 1. The molecule has 0 unspecified atom stereocenters. The van der Waals surface area contributed by atoms with E-state index in [0.29, 0.717) is 5.56 Å². The van der Waals surface area contributed by atoms with Crippen LogP contribution in [-0.2, 0) is 11.3 Å². The van der Waals surface area contributed by atoms with Gasteiger partial charge < -0.3 is 15.0 Å².